The summed E-state index contributed by atoms with van der Waals surface area (Å²) in [5.74, 6) is -0.420. The lowest BCUT2D eigenvalue weighted by Crippen LogP contribution is -2.49. The second-order valence-electron chi connectivity index (χ2n) is 5.61. The fourth-order valence-electron chi connectivity index (χ4n) is 2.94. The molecule has 6 heteroatoms. The van der Waals surface area contributed by atoms with Gasteiger partial charge in [0.1, 0.15) is 0 Å². The van der Waals surface area contributed by atoms with E-state index in [2.05, 4.69) is 0 Å². The van der Waals surface area contributed by atoms with E-state index in [4.69, 9.17) is 14.6 Å². The van der Waals surface area contributed by atoms with Crippen molar-refractivity contribution in [1.82, 2.24) is 4.90 Å². The lowest BCUT2D eigenvalue weighted by molar-refractivity contribution is -0.151. The van der Waals surface area contributed by atoms with Crippen molar-refractivity contribution in [2.45, 2.75) is 32.3 Å². The Balaban J connectivity index is 1.88. The topological polar surface area (TPSA) is 76.1 Å². The van der Waals surface area contributed by atoms with Crippen LogP contribution in [0.25, 0.3) is 0 Å². The highest BCUT2D eigenvalue weighted by Gasteiger charge is 2.32. The van der Waals surface area contributed by atoms with E-state index in [1.807, 2.05) is 6.92 Å². The van der Waals surface area contributed by atoms with Gasteiger partial charge in [-0.05, 0) is 18.8 Å². The van der Waals surface area contributed by atoms with Crippen LogP contribution in [0.15, 0.2) is 0 Å². The Morgan fingerprint density at radius 3 is 2.65 bits per heavy atom. The van der Waals surface area contributed by atoms with Gasteiger partial charge in [-0.1, -0.05) is 6.92 Å². The van der Waals surface area contributed by atoms with Crippen LogP contribution in [0.2, 0.25) is 0 Å². The van der Waals surface area contributed by atoms with E-state index in [1.165, 1.54) is 0 Å². The van der Waals surface area contributed by atoms with Gasteiger partial charge in [0.2, 0.25) is 5.91 Å². The molecule has 2 rings (SSSR count). The first-order chi connectivity index (χ1) is 9.58. The molecule has 0 spiro atoms. The standard InChI is InChI=1S/C14H23NO5/c1-10(11-2-5-19-6-3-11)14(18)15-4-7-20-12(9-15)8-13(16)17/h10-12H,2-9H2,1H3,(H,16,17). The zero-order valence-corrected chi connectivity index (χ0v) is 11.9. The van der Waals surface area contributed by atoms with Crippen LogP contribution >= 0.6 is 0 Å². The summed E-state index contributed by atoms with van der Waals surface area (Å²) in [6.07, 6.45) is 1.42. The van der Waals surface area contributed by atoms with Crippen molar-refractivity contribution in [2.24, 2.45) is 11.8 Å². The second kappa shape index (κ2) is 7.04. The van der Waals surface area contributed by atoms with Crippen molar-refractivity contribution in [3.05, 3.63) is 0 Å². The zero-order valence-electron chi connectivity index (χ0n) is 11.9. The number of rotatable bonds is 4. The fourth-order valence-corrected chi connectivity index (χ4v) is 2.94. The molecule has 0 aromatic rings. The third-order valence-electron chi connectivity index (χ3n) is 4.22. The monoisotopic (exact) mass is 285 g/mol. The first-order valence-electron chi connectivity index (χ1n) is 7.28. The Morgan fingerprint density at radius 1 is 1.30 bits per heavy atom. The number of hydrogen-bond acceptors (Lipinski definition) is 4. The Kier molecular flexibility index (Phi) is 5.37. The molecule has 0 radical (unpaired) electrons. The molecule has 0 bridgehead atoms. The van der Waals surface area contributed by atoms with Gasteiger partial charge in [-0.2, -0.15) is 0 Å². The maximum absolute atomic E-state index is 12.5. The average molecular weight is 285 g/mol. The summed E-state index contributed by atoms with van der Waals surface area (Å²) in [5.41, 5.74) is 0. The minimum absolute atomic E-state index is 0.0255. The molecule has 1 N–H and O–H groups in total. The first kappa shape index (κ1) is 15.3. The van der Waals surface area contributed by atoms with E-state index < -0.39 is 5.97 Å². The number of amides is 1. The van der Waals surface area contributed by atoms with Crippen molar-refractivity contribution in [1.29, 1.82) is 0 Å². The molecular formula is C14H23NO5. The third-order valence-corrected chi connectivity index (χ3v) is 4.22. The largest absolute Gasteiger partial charge is 0.481 e. The predicted molar refractivity (Wildman–Crippen MR) is 71.3 cm³/mol. The SMILES string of the molecule is CC(C(=O)N1CCOC(CC(=O)O)C1)C1CCOCC1. The van der Waals surface area contributed by atoms with Gasteiger partial charge >= 0.3 is 5.97 Å². The summed E-state index contributed by atoms with van der Waals surface area (Å²) < 4.78 is 10.7. The van der Waals surface area contributed by atoms with Crippen molar-refractivity contribution < 1.29 is 24.2 Å². The number of carbonyl (C=O) groups is 2. The third kappa shape index (κ3) is 3.93. The highest BCUT2D eigenvalue weighted by Crippen LogP contribution is 2.26. The minimum atomic E-state index is -0.887. The van der Waals surface area contributed by atoms with Gasteiger partial charge in [0.25, 0.3) is 0 Å². The van der Waals surface area contributed by atoms with Crippen LogP contribution in [0.4, 0.5) is 0 Å². The summed E-state index contributed by atoms with van der Waals surface area (Å²) in [4.78, 5) is 25.0. The van der Waals surface area contributed by atoms with Gasteiger partial charge < -0.3 is 19.5 Å². The van der Waals surface area contributed by atoms with Gasteiger partial charge in [0.15, 0.2) is 0 Å². The van der Waals surface area contributed by atoms with Gasteiger partial charge in [-0.15, -0.1) is 0 Å². The Labute approximate surface area is 119 Å². The van der Waals surface area contributed by atoms with E-state index in [0.717, 1.165) is 26.1 Å². The fraction of sp³-hybridized carbons (Fsp3) is 0.857. The van der Waals surface area contributed by atoms with Crippen molar-refractivity contribution >= 4 is 11.9 Å². The maximum atomic E-state index is 12.5. The van der Waals surface area contributed by atoms with E-state index >= 15 is 0 Å². The van der Waals surface area contributed by atoms with Crippen LogP contribution in [0.3, 0.4) is 0 Å². The van der Waals surface area contributed by atoms with Gasteiger partial charge in [-0.25, -0.2) is 0 Å². The molecule has 20 heavy (non-hydrogen) atoms. The number of hydrogen-bond donors (Lipinski definition) is 1. The molecule has 0 aliphatic carbocycles. The summed E-state index contributed by atoms with van der Waals surface area (Å²) >= 11 is 0. The average Bonchev–Trinajstić information content (AvgIpc) is 2.46. The number of carboxylic acid groups (broad SMARTS) is 1. The predicted octanol–water partition coefficient (Wildman–Crippen LogP) is 0.751. The molecule has 0 aromatic heterocycles. The maximum Gasteiger partial charge on any atom is 0.306 e. The van der Waals surface area contributed by atoms with E-state index in [1.54, 1.807) is 4.90 Å². The van der Waals surface area contributed by atoms with Crippen molar-refractivity contribution in [3.8, 4) is 0 Å². The van der Waals surface area contributed by atoms with Crippen LogP contribution in [-0.4, -0.2) is 60.9 Å². The highest BCUT2D eigenvalue weighted by atomic mass is 16.5. The molecule has 6 nitrogen and oxygen atoms in total. The molecule has 2 unspecified atom stereocenters. The number of carboxylic acids is 1. The van der Waals surface area contributed by atoms with Crippen molar-refractivity contribution in [3.63, 3.8) is 0 Å². The molecular weight excluding hydrogens is 262 g/mol. The lowest BCUT2D eigenvalue weighted by atomic mass is 9.86. The van der Waals surface area contributed by atoms with Crippen LogP contribution in [-0.2, 0) is 19.1 Å². The molecule has 0 saturated carbocycles. The molecule has 114 valence electrons. The normalized spacial score (nSPS) is 26.2. The minimum Gasteiger partial charge on any atom is -0.481 e. The van der Waals surface area contributed by atoms with Crippen LogP contribution in [0, 0.1) is 11.8 Å². The lowest BCUT2D eigenvalue weighted by Gasteiger charge is -2.36. The van der Waals surface area contributed by atoms with Crippen LogP contribution in [0.5, 0.6) is 0 Å². The van der Waals surface area contributed by atoms with Gasteiger partial charge in [-0.3, -0.25) is 9.59 Å². The smallest absolute Gasteiger partial charge is 0.306 e. The Bertz CT molecular complexity index is 353. The molecule has 2 heterocycles. The first-order valence-corrected chi connectivity index (χ1v) is 7.28. The second-order valence-corrected chi connectivity index (χ2v) is 5.61. The number of nitrogens with zero attached hydrogens (tertiary/aromatic N) is 1. The molecule has 2 aliphatic heterocycles. The van der Waals surface area contributed by atoms with Crippen molar-refractivity contribution in [2.75, 3.05) is 32.9 Å². The Hall–Kier alpha value is -1.14. The molecule has 1 amide bonds. The summed E-state index contributed by atoms with van der Waals surface area (Å²) in [6.45, 7) is 4.80. The zero-order chi connectivity index (χ0) is 14.5. The van der Waals surface area contributed by atoms with E-state index in [9.17, 15) is 9.59 Å². The number of carbonyl (C=O) groups excluding carboxylic acids is 1. The van der Waals surface area contributed by atoms with E-state index in [-0.39, 0.29) is 24.3 Å². The molecule has 2 saturated heterocycles. The van der Waals surface area contributed by atoms with Gasteiger partial charge in [0.05, 0.1) is 19.1 Å². The Morgan fingerprint density at radius 2 is 2.00 bits per heavy atom. The summed E-state index contributed by atoms with van der Waals surface area (Å²) in [5, 5.41) is 8.81. The highest BCUT2D eigenvalue weighted by molar-refractivity contribution is 5.79. The molecule has 2 fully saturated rings. The molecule has 0 aromatic carbocycles. The molecule has 2 atom stereocenters. The van der Waals surface area contributed by atoms with Crippen LogP contribution in [0.1, 0.15) is 26.2 Å². The van der Waals surface area contributed by atoms with Crippen LogP contribution < -0.4 is 0 Å². The number of ether oxygens (including phenoxy) is 2. The molecule has 2 aliphatic rings. The number of morpholine rings is 1. The summed E-state index contributed by atoms with van der Waals surface area (Å²) in [7, 11) is 0. The van der Waals surface area contributed by atoms with E-state index in [0.29, 0.717) is 25.6 Å². The number of aliphatic carboxylic acids is 1. The quantitative estimate of drug-likeness (QED) is 0.825. The van der Waals surface area contributed by atoms with Gasteiger partial charge in [0, 0.05) is 32.2 Å². The summed E-state index contributed by atoms with van der Waals surface area (Å²) in [6, 6.07) is 0.